The van der Waals surface area contributed by atoms with Gasteiger partial charge in [0.25, 0.3) is 5.91 Å². The van der Waals surface area contributed by atoms with Crippen molar-refractivity contribution in [2.45, 2.75) is 26.6 Å². The molecule has 8 heteroatoms. The van der Waals surface area contributed by atoms with Gasteiger partial charge in [-0.2, -0.15) is 5.10 Å². The number of carbonyl (C=O) groups excluding carboxylic acids is 1. The van der Waals surface area contributed by atoms with E-state index in [2.05, 4.69) is 26.3 Å². The number of hydrogen-bond donors (Lipinski definition) is 1. The fourth-order valence-electron chi connectivity index (χ4n) is 2.51. The molecule has 27 heavy (non-hydrogen) atoms. The highest BCUT2D eigenvalue weighted by Gasteiger charge is 2.14. The molecule has 0 aliphatic heterocycles. The number of rotatable bonds is 8. The van der Waals surface area contributed by atoms with Gasteiger partial charge in [-0.15, -0.1) is 0 Å². The Morgan fingerprint density at radius 2 is 2.11 bits per heavy atom. The summed E-state index contributed by atoms with van der Waals surface area (Å²) in [6.07, 6.45) is 1.71. The molecule has 1 amide bonds. The van der Waals surface area contributed by atoms with Crippen molar-refractivity contribution in [3.05, 3.63) is 64.3 Å². The van der Waals surface area contributed by atoms with Gasteiger partial charge in [-0.25, -0.2) is 0 Å². The van der Waals surface area contributed by atoms with Crippen molar-refractivity contribution in [2.24, 2.45) is 0 Å². The largest absolute Gasteiger partial charge is 0.497 e. The molecule has 0 fully saturated rings. The summed E-state index contributed by atoms with van der Waals surface area (Å²) in [6, 6.07) is 10.6. The van der Waals surface area contributed by atoms with Crippen molar-refractivity contribution >= 4 is 21.8 Å². The predicted molar refractivity (Wildman–Crippen MR) is 103 cm³/mol. The van der Waals surface area contributed by atoms with Crippen LogP contribution in [0.25, 0.3) is 0 Å². The molecule has 0 saturated heterocycles. The summed E-state index contributed by atoms with van der Waals surface area (Å²) >= 11 is 3.44. The summed E-state index contributed by atoms with van der Waals surface area (Å²) < 4.78 is 19.1. The second-order valence-corrected chi connectivity index (χ2v) is 6.53. The molecular formula is C19H20BrN3O4. The van der Waals surface area contributed by atoms with Crippen LogP contribution in [-0.2, 0) is 19.7 Å². The normalized spacial score (nSPS) is 10.6. The first-order valence-corrected chi connectivity index (χ1v) is 9.24. The Bertz CT molecular complexity index is 919. The maximum atomic E-state index is 12.3. The minimum Gasteiger partial charge on any atom is -0.497 e. The Hall–Kier alpha value is -2.74. The zero-order valence-corrected chi connectivity index (χ0v) is 16.7. The summed E-state index contributed by atoms with van der Waals surface area (Å²) in [5.41, 5.74) is 0.902. The van der Waals surface area contributed by atoms with Gasteiger partial charge >= 0.3 is 0 Å². The molecule has 0 bridgehead atoms. The monoisotopic (exact) mass is 433 g/mol. The molecule has 0 aliphatic rings. The molecular weight excluding hydrogens is 414 g/mol. The molecule has 7 nitrogen and oxygen atoms in total. The van der Waals surface area contributed by atoms with E-state index < -0.39 is 0 Å². The van der Waals surface area contributed by atoms with Crippen LogP contribution < -0.4 is 14.8 Å². The maximum Gasteiger partial charge on any atom is 0.287 e. The minimum atomic E-state index is -0.293. The number of nitrogens with one attached hydrogen (secondary N) is 1. The predicted octanol–water partition coefficient (Wildman–Crippen LogP) is 3.78. The van der Waals surface area contributed by atoms with Crippen molar-refractivity contribution in [1.29, 1.82) is 0 Å². The average molecular weight is 434 g/mol. The fourth-order valence-corrected chi connectivity index (χ4v) is 2.95. The molecule has 0 aliphatic carbocycles. The van der Waals surface area contributed by atoms with E-state index in [0.29, 0.717) is 23.8 Å². The highest BCUT2D eigenvalue weighted by atomic mass is 79.9. The third-order valence-electron chi connectivity index (χ3n) is 3.92. The first kappa shape index (κ1) is 19.0. The Labute approximate surface area is 165 Å². The average Bonchev–Trinajstić information content (AvgIpc) is 3.31. The Balaban J connectivity index is 1.56. The van der Waals surface area contributed by atoms with Crippen molar-refractivity contribution in [2.75, 3.05) is 7.11 Å². The van der Waals surface area contributed by atoms with Gasteiger partial charge in [0.2, 0.25) is 0 Å². The van der Waals surface area contributed by atoms with Crippen molar-refractivity contribution in [3.63, 3.8) is 0 Å². The van der Waals surface area contributed by atoms with E-state index >= 15 is 0 Å². The number of ether oxygens (including phenoxy) is 2. The summed E-state index contributed by atoms with van der Waals surface area (Å²) in [5, 5.41) is 7.06. The molecule has 3 rings (SSSR count). The highest BCUT2D eigenvalue weighted by molar-refractivity contribution is 9.10. The number of benzene rings is 1. The molecule has 142 valence electrons. The molecule has 0 radical (unpaired) electrons. The first-order chi connectivity index (χ1) is 13.1. The Morgan fingerprint density at radius 1 is 1.30 bits per heavy atom. The molecule has 0 unspecified atom stereocenters. The van der Waals surface area contributed by atoms with Gasteiger partial charge in [0.15, 0.2) is 5.76 Å². The highest BCUT2D eigenvalue weighted by Crippen LogP contribution is 2.20. The molecule has 0 atom stereocenters. The van der Waals surface area contributed by atoms with E-state index in [4.69, 9.17) is 13.9 Å². The molecule has 1 aromatic carbocycles. The minimum absolute atomic E-state index is 0.217. The molecule has 2 aromatic heterocycles. The zero-order chi connectivity index (χ0) is 19.2. The van der Waals surface area contributed by atoms with Gasteiger partial charge in [-0.3, -0.25) is 9.48 Å². The van der Waals surface area contributed by atoms with Crippen LogP contribution in [-0.4, -0.2) is 22.8 Å². The topological polar surface area (TPSA) is 78.5 Å². The van der Waals surface area contributed by atoms with Crippen LogP contribution in [0, 0.1) is 0 Å². The van der Waals surface area contributed by atoms with E-state index in [-0.39, 0.29) is 18.3 Å². The number of methoxy groups -OCH3 is 1. The number of furan rings is 1. The second kappa shape index (κ2) is 8.77. The Kier molecular flexibility index (Phi) is 6.18. The van der Waals surface area contributed by atoms with Crippen LogP contribution in [0.3, 0.4) is 0 Å². The first-order valence-electron chi connectivity index (χ1n) is 8.44. The molecule has 3 aromatic rings. The van der Waals surface area contributed by atoms with Gasteiger partial charge < -0.3 is 19.2 Å². The number of carbonyl (C=O) groups is 1. The lowest BCUT2D eigenvalue weighted by molar-refractivity contribution is 0.0918. The lowest BCUT2D eigenvalue weighted by Gasteiger charge is -2.07. The van der Waals surface area contributed by atoms with Gasteiger partial charge in [-0.1, -0.05) is 6.07 Å². The van der Waals surface area contributed by atoms with Gasteiger partial charge in [0.1, 0.15) is 23.9 Å². The van der Waals surface area contributed by atoms with Gasteiger partial charge in [0, 0.05) is 12.6 Å². The van der Waals surface area contributed by atoms with Crippen LogP contribution in [0.5, 0.6) is 11.5 Å². The van der Waals surface area contributed by atoms with Gasteiger partial charge in [-0.05, 0) is 47.1 Å². The number of aromatic nitrogens is 2. The standard InChI is InChI=1S/C19H20BrN3O4/c1-3-23-17(16(20)10-22-23)11-21-19(24)18-8-7-15(27-18)12-26-14-6-4-5-13(9-14)25-2/h4-10H,3,11-12H2,1-2H3,(H,21,24). The zero-order valence-electron chi connectivity index (χ0n) is 15.1. The van der Waals surface area contributed by atoms with Crippen LogP contribution >= 0.6 is 15.9 Å². The SMILES string of the molecule is CCn1ncc(Br)c1CNC(=O)c1ccc(COc2cccc(OC)c2)o1. The summed E-state index contributed by atoms with van der Waals surface area (Å²) in [6.45, 7) is 3.29. The third-order valence-corrected chi connectivity index (χ3v) is 4.58. The van der Waals surface area contributed by atoms with Gasteiger partial charge in [0.05, 0.1) is 30.0 Å². The lowest BCUT2D eigenvalue weighted by atomic mass is 10.3. The summed E-state index contributed by atoms with van der Waals surface area (Å²) in [4.78, 5) is 12.3. The summed E-state index contributed by atoms with van der Waals surface area (Å²) in [5.74, 6) is 1.87. The van der Waals surface area contributed by atoms with Crippen molar-refractivity contribution < 1.29 is 18.7 Å². The van der Waals surface area contributed by atoms with Crippen molar-refractivity contribution in [3.8, 4) is 11.5 Å². The molecule has 0 spiro atoms. The maximum absolute atomic E-state index is 12.3. The van der Waals surface area contributed by atoms with E-state index in [9.17, 15) is 4.79 Å². The number of aryl methyl sites for hydroxylation is 1. The van der Waals surface area contributed by atoms with Crippen LogP contribution in [0.1, 0.15) is 28.9 Å². The molecule has 0 saturated carbocycles. The molecule has 1 N–H and O–H groups in total. The van der Waals surface area contributed by atoms with E-state index in [0.717, 1.165) is 16.7 Å². The lowest BCUT2D eigenvalue weighted by Crippen LogP contribution is -2.24. The van der Waals surface area contributed by atoms with E-state index in [1.165, 1.54) is 0 Å². The third kappa shape index (κ3) is 4.71. The van der Waals surface area contributed by atoms with Crippen LogP contribution in [0.4, 0.5) is 0 Å². The fraction of sp³-hybridized carbons (Fsp3) is 0.263. The van der Waals surface area contributed by atoms with Crippen LogP contribution in [0.2, 0.25) is 0 Å². The number of nitrogens with zero attached hydrogens (tertiary/aromatic N) is 2. The smallest absolute Gasteiger partial charge is 0.287 e. The Morgan fingerprint density at radius 3 is 2.89 bits per heavy atom. The van der Waals surface area contributed by atoms with Crippen molar-refractivity contribution in [1.82, 2.24) is 15.1 Å². The van der Waals surface area contributed by atoms with Crippen LogP contribution in [0.15, 0.2) is 51.5 Å². The number of amides is 1. The van der Waals surface area contributed by atoms with E-state index in [1.54, 1.807) is 31.5 Å². The number of halogens is 1. The van der Waals surface area contributed by atoms with E-state index in [1.807, 2.05) is 29.8 Å². The second-order valence-electron chi connectivity index (χ2n) is 5.67. The quantitative estimate of drug-likeness (QED) is 0.584. The number of hydrogen-bond acceptors (Lipinski definition) is 5. The molecule has 2 heterocycles. The summed E-state index contributed by atoms with van der Waals surface area (Å²) in [7, 11) is 1.60.